The fourth-order valence-corrected chi connectivity index (χ4v) is 33.2. The molecule has 126 heavy (non-hydrogen) atoms. The molecule has 0 nitrogen and oxygen atoms in total. The Morgan fingerprint density at radius 1 is 0.0952 bits per heavy atom. The van der Waals surface area contributed by atoms with Gasteiger partial charge in [-0.3, -0.25) is 0 Å². The fraction of sp³-hybridized carbons (Fsp3) is 0. The van der Waals surface area contributed by atoms with Crippen LogP contribution in [0.2, 0.25) is 0 Å². The van der Waals surface area contributed by atoms with E-state index in [1.165, 1.54) is 373 Å². The van der Waals surface area contributed by atoms with E-state index in [-0.39, 0.29) is 0 Å². The summed E-state index contributed by atoms with van der Waals surface area (Å²) in [5.41, 5.74) is 0. The Morgan fingerprint density at radius 2 is 0.294 bits per heavy atom. The molecule has 0 saturated heterocycles. The second-order valence-corrected chi connectivity index (χ2v) is 42.2. The summed E-state index contributed by atoms with van der Waals surface area (Å²) >= 11 is 11.8. The molecule has 0 aliphatic heterocycles. The van der Waals surface area contributed by atoms with Gasteiger partial charge in [0.2, 0.25) is 0 Å². The van der Waals surface area contributed by atoms with Gasteiger partial charge in [0.05, 0.1) is 0 Å². The van der Waals surface area contributed by atoms with Gasteiger partial charge in [-0.25, -0.2) is 0 Å². The molecule has 6 heteroatoms. The van der Waals surface area contributed by atoms with Crippen LogP contribution in [0, 0.1) is 0 Å². The van der Waals surface area contributed by atoms with Gasteiger partial charge < -0.3 is 0 Å². The Labute approximate surface area is 733 Å². The molecular formula is C120H50S6. The minimum atomic E-state index is 1.29. The van der Waals surface area contributed by atoms with E-state index in [0.29, 0.717) is 0 Å². The van der Waals surface area contributed by atoms with E-state index in [1.54, 1.807) is 0 Å². The maximum atomic E-state index is 2.67. The summed E-state index contributed by atoms with van der Waals surface area (Å²) in [6.07, 6.45) is 0. The quantitative estimate of drug-likeness (QED) is 0.105. The Bertz CT molecular complexity index is 10900. The second-order valence-electron chi connectivity index (χ2n) is 36.9. The molecule has 0 saturated carbocycles. The van der Waals surface area contributed by atoms with Crippen molar-refractivity contribution < 1.29 is 0 Å². The van der Waals surface area contributed by atoms with E-state index in [1.807, 2.05) is 68.0 Å². The Kier molecular flexibility index (Phi) is 10.6. The van der Waals surface area contributed by atoms with Crippen LogP contribution >= 0.6 is 68.0 Å². The molecule has 0 amide bonds. The molecule has 0 unspecified atom stereocenters. The number of thiophene rings is 6. The molecule has 6 heterocycles. The first-order chi connectivity index (χ1) is 62.5. The van der Waals surface area contributed by atoms with Crippen LogP contribution < -0.4 is 0 Å². The predicted octanol–water partition coefficient (Wildman–Crippen LogP) is 38.5. The van der Waals surface area contributed by atoms with Crippen LogP contribution in [0.3, 0.4) is 0 Å². The molecule has 37 rings (SSSR count). The molecule has 0 aliphatic carbocycles. The Morgan fingerprint density at radius 3 is 0.667 bits per heavy atom. The van der Waals surface area contributed by atoms with Crippen molar-refractivity contribution in [1.82, 2.24) is 0 Å². The van der Waals surface area contributed by atoms with Gasteiger partial charge >= 0.3 is 0 Å². The largest absolute Gasteiger partial charge is 0.142 e. The van der Waals surface area contributed by atoms with Crippen molar-refractivity contribution in [3.8, 4) is 0 Å². The summed E-state index contributed by atoms with van der Waals surface area (Å²) in [5, 5.41) is 104. The van der Waals surface area contributed by atoms with E-state index in [2.05, 4.69) is 299 Å². The molecule has 6 aromatic heterocycles. The van der Waals surface area contributed by atoms with Crippen LogP contribution in [0.15, 0.2) is 299 Å². The number of hydrogen-bond donors (Lipinski definition) is 0. The highest BCUT2D eigenvalue weighted by atomic mass is 32.1. The normalized spacial score (nSPS) is 13.6. The van der Waals surface area contributed by atoms with Crippen molar-refractivity contribution in [2.75, 3.05) is 0 Å². The van der Waals surface area contributed by atoms with E-state index >= 15 is 0 Å². The van der Waals surface area contributed by atoms with Gasteiger partial charge in [0, 0.05) is 190 Å². The van der Waals surface area contributed by atoms with Crippen LogP contribution in [0.5, 0.6) is 0 Å². The summed E-state index contributed by atoms with van der Waals surface area (Å²) in [5.74, 6) is 0. The van der Waals surface area contributed by atoms with E-state index in [0.717, 1.165) is 0 Å². The highest BCUT2D eigenvalue weighted by Crippen LogP contribution is 2.67. The molecular weight excluding hydrogens is 1630 g/mol. The third-order valence-electron chi connectivity index (χ3n) is 31.3. The minimum absolute atomic E-state index is 1.29. The lowest BCUT2D eigenvalue weighted by molar-refractivity contribution is 1.80. The highest BCUT2D eigenvalue weighted by Gasteiger charge is 2.37. The van der Waals surface area contributed by atoms with Crippen molar-refractivity contribution in [3.05, 3.63) is 299 Å². The van der Waals surface area contributed by atoms with E-state index < -0.39 is 0 Å². The van der Waals surface area contributed by atoms with Gasteiger partial charge in [0.15, 0.2) is 0 Å². The first-order valence-electron chi connectivity index (χ1n) is 43.6. The molecule has 0 aliphatic rings. The number of rotatable bonds is 0. The highest BCUT2D eigenvalue weighted by molar-refractivity contribution is 7.22. The predicted molar refractivity (Wildman–Crippen MR) is 565 cm³/mol. The summed E-state index contributed by atoms with van der Waals surface area (Å²) in [7, 11) is 0. The lowest BCUT2D eigenvalue weighted by atomic mass is 9.75. The third-order valence-corrected chi connectivity index (χ3v) is 37.4. The maximum absolute atomic E-state index is 2.67. The third kappa shape index (κ3) is 7.02. The molecule has 31 aromatic carbocycles. The van der Waals surface area contributed by atoms with Crippen LogP contribution in [0.25, 0.3) is 373 Å². The zero-order chi connectivity index (χ0) is 80.0. The molecule has 0 fully saturated rings. The first kappa shape index (κ1) is 63.6. The average Bonchev–Trinajstić information content (AvgIpc) is 1.32. The lowest BCUT2D eigenvalue weighted by Gasteiger charge is -2.27. The summed E-state index contributed by atoms with van der Waals surface area (Å²) < 4.78 is 8.49. The topological polar surface area (TPSA) is 0 Å². The molecule has 4 bridgehead atoms. The van der Waals surface area contributed by atoms with Crippen molar-refractivity contribution in [1.29, 1.82) is 0 Å². The van der Waals surface area contributed by atoms with Crippen LogP contribution in [-0.2, 0) is 0 Å². The monoisotopic (exact) mass is 1680 g/mol. The van der Waals surface area contributed by atoms with Crippen LogP contribution in [0.1, 0.15) is 0 Å². The van der Waals surface area contributed by atoms with Gasteiger partial charge in [-0.15, -0.1) is 68.0 Å². The Hall–Kier alpha value is -14.3. The van der Waals surface area contributed by atoms with Crippen molar-refractivity contribution in [3.63, 3.8) is 0 Å². The average molecular weight is 1680 g/mol. The molecule has 0 atom stereocenters. The van der Waals surface area contributed by atoms with E-state index in [4.69, 9.17) is 0 Å². The zero-order valence-electron chi connectivity index (χ0n) is 66.3. The second kappa shape index (κ2) is 21.0. The fourth-order valence-electron chi connectivity index (χ4n) is 26.5. The molecule has 566 valence electrons. The van der Waals surface area contributed by atoms with Crippen LogP contribution in [0.4, 0.5) is 0 Å². The minimum Gasteiger partial charge on any atom is -0.142 e. The van der Waals surface area contributed by atoms with Crippen molar-refractivity contribution in [2.24, 2.45) is 0 Å². The van der Waals surface area contributed by atoms with Crippen LogP contribution in [-0.4, -0.2) is 0 Å². The molecule has 0 radical (unpaired) electrons. The number of benzene rings is 30. The molecule has 0 N–H and O–H groups in total. The molecule has 0 spiro atoms. The summed E-state index contributed by atoms with van der Waals surface area (Å²) in [6, 6.07) is 104. The van der Waals surface area contributed by atoms with Gasteiger partial charge in [0.25, 0.3) is 0 Å². The van der Waals surface area contributed by atoms with Gasteiger partial charge in [0.1, 0.15) is 0 Å². The SMILES string of the molecule is c1ccc2cc3c(cc2c1)cc1c2scc4c5c6cc7ccccc7cc6cc6c7scc8c9c%10cc%11ccccc%11cc%10cc%10c%11scc%12c3c1c1c(c42)c(c65)c(c87)c(c%109)c1c%12%11.c1ccc2cc3c(cc2c1)cc1cc3c2scc3c4cc5cc6ccccc6cc5c5c6scc7c8cc9cc%10ccccc%10cc9c9c%10scc1c%10c1cc(c32)c(c45)c(c76)c1c89. The lowest BCUT2D eigenvalue weighted by Crippen LogP contribution is -1.98. The smallest absolute Gasteiger partial charge is 0.0440 e. The van der Waals surface area contributed by atoms with Gasteiger partial charge in [-0.05, 0) is 337 Å². The summed E-state index contributed by atoms with van der Waals surface area (Å²) in [4.78, 5) is 0. The standard InChI is InChI=1S/C60H24S3.C60H26S3/c1-4-10-28-16-34-31(13-25(28)7-1)19-37-46-43(34)40-22-62-59-38-20-32-14-26-8-3-6-12-30(26)18-36(32)45-42-24-63-60-39-21-33-15-27-9-2-5-11-29(27)17-35(33)44-41-23-61-58(37)50(41)56-52(46)55(49(40)59)53(47(38)45)57(51(42)60)54(56)48(39)44;1-4-10-30-17-37-33(13-27(30)7-1)16-36-22-42(37)58-49-44-23-43-48-45(36)24-62-59(48)54-38-18-31-11-5-2-9-29(31)15-35(38)21-41-47-26-63-60-55-39-19-32-12-6-3-8-28(32)14-34(39)20-40(46(49)25-61-58)50(55)53(44)57(56(47)60)52(43)51(41)54/h1-24H;1-26H. The zero-order valence-corrected chi connectivity index (χ0v) is 71.2. The van der Waals surface area contributed by atoms with Crippen molar-refractivity contribution in [2.45, 2.75) is 0 Å². The summed E-state index contributed by atoms with van der Waals surface area (Å²) in [6.45, 7) is 0. The Balaban J connectivity index is 0.000000111. The van der Waals surface area contributed by atoms with E-state index in [9.17, 15) is 0 Å². The maximum Gasteiger partial charge on any atom is 0.0440 e. The number of hydrogen-bond acceptors (Lipinski definition) is 6. The van der Waals surface area contributed by atoms with Gasteiger partial charge in [-0.1, -0.05) is 146 Å². The first-order valence-corrected chi connectivity index (χ1v) is 48.9. The van der Waals surface area contributed by atoms with Crippen molar-refractivity contribution >= 4 is 441 Å². The number of fused-ring (bicyclic) bond motifs is 32. The van der Waals surface area contributed by atoms with Gasteiger partial charge in [-0.2, -0.15) is 0 Å². The molecule has 37 aromatic rings.